The van der Waals surface area contributed by atoms with Crippen molar-refractivity contribution >= 4 is 34.5 Å². The maximum absolute atomic E-state index is 14.6. The van der Waals surface area contributed by atoms with Crippen molar-refractivity contribution in [1.82, 2.24) is 24.4 Å². The molecule has 1 atom stereocenters. The Morgan fingerprint density at radius 1 is 1.31 bits per heavy atom. The number of hydrogen-bond acceptors (Lipinski definition) is 7. The number of halogens is 2. The lowest BCUT2D eigenvalue weighted by molar-refractivity contribution is 0.136. The summed E-state index contributed by atoms with van der Waals surface area (Å²) in [7, 11) is 0. The van der Waals surface area contributed by atoms with Crippen LogP contribution in [-0.4, -0.2) is 73.0 Å². The van der Waals surface area contributed by atoms with Crippen LogP contribution in [0.4, 0.5) is 15.0 Å². The maximum Gasteiger partial charge on any atom is 0.407 e. The zero-order valence-corrected chi connectivity index (χ0v) is 20.3. The molecule has 0 spiro atoms. The SMILES string of the molecule is CC(C)c1nccc(CCO)c1-n1c(=O)nc(N2CCN(C(=O)O)CC2C)c2cc(F)c(Cl)nc21. The normalized spacial score (nSPS) is 16.4. The molecular formula is C23H26ClFN6O4. The lowest BCUT2D eigenvalue weighted by Gasteiger charge is -2.39. The quantitative estimate of drug-likeness (QED) is 0.508. The summed E-state index contributed by atoms with van der Waals surface area (Å²) in [5, 5.41) is 18.8. The van der Waals surface area contributed by atoms with E-state index in [0.29, 0.717) is 16.9 Å². The zero-order chi connectivity index (χ0) is 25.4. The molecule has 0 bridgehead atoms. The number of amides is 1. The van der Waals surface area contributed by atoms with Gasteiger partial charge >= 0.3 is 11.8 Å². The number of rotatable bonds is 5. The first-order valence-electron chi connectivity index (χ1n) is 11.3. The van der Waals surface area contributed by atoms with Crippen LogP contribution in [0.25, 0.3) is 16.7 Å². The molecule has 3 aromatic rings. The lowest BCUT2D eigenvalue weighted by Crippen LogP contribution is -2.54. The number of aromatic nitrogens is 4. The van der Waals surface area contributed by atoms with Gasteiger partial charge in [0.1, 0.15) is 5.82 Å². The van der Waals surface area contributed by atoms with Crippen molar-refractivity contribution in [2.45, 2.75) is 39.2 Å². The number of carboxylic acid groups (broad SMARTS) is 1. The summed E-state index contributed by atoms with van der Waals surface area (Å²) >= 11 is 6.06. The summed E-state index contributed by atoms with van der Waals surface area (Å²) in [4.78, 5) is 41.0. The largest absolute Gasteiger partial charge is 0.465 e. The molecule has 0 aromatic carbocycles. The first-order valence-corrected chi connectivity index (χ1v) is 11.6. The van der Waals surface area contributed by atoms with E-state index in [-0.39, 0.29) is 61.5 Å². The van der Waals surface area contributed by atoms with Crippen LogP contribution >= 0.6 is 11.6 Å². The Balaban J connectivity index is 2.01. The fraction of sp³-hybridized carbons (Fsp3) is 0.435. The summed E-state index contributed by atoms with van der Waals surface area (Å²) in [6.45, 7) is 6.18. The van der Waals surface area contributed by atoms with E-state index in [1.165, 1.54) is 15.5 Å². The topological polar surface area (TPSA) is 125 Å². The summed E-state index contributed by atoms with van der Waals surface area (Å²) in [6.07, 6.45) is 0.845. The number of nitrogens with zero attached hydrogens (tertiary/aromatic N) is 6. The third-order valence-electron chi connectivity index (χ3n) is 6.12. The van der Waals surface area contributed by atoms with Gasteiger partial charge in [0.05, 0.1) is 16.8 Å². The van der Waals surface area contributed by atoms with Gasteiger partial charge < -0.3 is 20.0 Å². The minimum absolute atomic E-state index is 0.0784. The van der Waals surface area contributed by atoms with Gasteiger partial charge in [-0.2, -0.15) is 4.98 Å². The Kier molecular flexibility index (Phi) is 6.91. The minimum Gasteiger partial charge on any atom is -0.465 e. The van der Waals surface area contributed by atoms with Gasteiger partial charge in [0, 0.05) is 38.5 Å². The summed E-state index contributed by atoms with van der Waals surface area (Å²) in [5.41, 5.74) is 1.14. The van der Waals surface area contributed by atoms with E-state index in [1.54, 1.807) is 17.2 Å². The first-order chi connectivity index (χ1) is 16.6. The van der Waals surface area contributed by atoms with Crippen LogP contribution in [0.15, 0.2) is 23.1 Å². The molecule has 4 rings (SSSR count). The lowest BCUT2D eigenvalue weighted by atomic mass is 10.0. The fourth-order valence-corrected chi connectivity index (χ4v) is 4.60. The van der Waals surface area contributed by atoms with Crippen molar-refractivity contribution in [3.8, 4) is 5.69 Å². The highest BCUT2D eigenvalue weighted by atomic mass is 35.5. The Hall–Kier alpha value is -3.31. The monoisotopic (exact) mass is 504 g/mol. The van der Waals surface area contributed by atoms with Gasteiger partial charge in [-0.3, -0.25) is 4.98 Å². The molecule has 10 nitrogen and oxygen atoms in total. The van der Waals surface area contributed by atoms with Crippen molar-refractivity contribution in [1.29, 1.82) is 0 Å². The van der Waals surface area contributed by atoms with E-state index in [4.69, 9.17) is 11.6 Å². The summed E-state index contributed by atoms with van der Waals surface area (Å²) in [5.74, 6) is -0.638. The van der Waals surface area contributed by atoms with Crippen molar-refractivity contribution in [3.63, 3.8) is 0 Å². The second kappa shape index (κ2) is 9.74. The number of carbonyl (C=O) groups is 1. The average molecular weight is 505 g/mol. The molecule has 0 radical (unpaired) electrons. The number of hydrogen-bond donors (Lipinski definition) is 2. The number of anilines is 1. The summed E-state index contributed by atoms with van der Waals surface area (Å²) in [6, 6.07) is 2.58. The van der Waals surface area contributed by atoms with Gasteiger partial charge in [0.15, 0.2) is 16.6 Å². The van der Waals surface area contributed by atoms with Crippen LogP contribution in [-0.2, 0) is 6.42 Å². The average Bonchev–Trinajstić information content (AvgIpc) is 2.80. The molecule has 1 aliphatic heterocycles. The number of pyridine rings is 2. The Morgan fingerprint density at radius 2 is 2.06 bits per heavy atom. The Labute approximate surface area is 205 Å². The van der Waals surface area contributed by atoms with E-state index in [0.717, 1.165) is 0 Å². The number of aliphatic hydroxyl groups excluding tert-OH is 1. The van der Waals surface area contributed by atoms with E-state index < -0.39 is 22.8 Å². The Bertz CT molecular complexity index is 1350. The molecule has 1 amide bonds. The molecule has 2 N–H and O–H groups in total. The van der Waals surface area contributed by atoms with Crippen molar-refractivity contribution in [2.24, 2.45) is 0 Å². The van der Waals surface area contributed by atoms with E-state index >= 15 is 0 Å². The smallest absolute Gasteiger partial charge is 0.407 e. The molecule has 0 saturated carbocycles. The fourth-order valence-electron chi connectivity index (χ4n) is 4.47. The second-order valence-electron chi connectivity index (χ2n) is 8.79. The number of aliphatic hydroxyl groups is 1. The molecule has 12 heteroatoms. The third kappa shape index (κ3) is 4.53. The van der Waals surface area contributed by atoms with E-state index in [9.17, 15) is 24.2 Å². The first kappa shape index (κ1) is 24.8. The van der Waals surface area contributed by atoms with Crippen molar-refractivity contribution in [2.75, 3.05) is 31.1 Å². The molecule has 1 aliphatic rings. The highest BCUT2D eigenvalue weighted by Gasteiger charge is 2.31. The highest BCUT2D eigenvalue weighted by Crippen LogP contribution is 2.32. The molecule has 35 heavy (non-hydrogen) atoms. The zero-order valence-electron chi connectivity index (χ0n) is 19.6. The molecule has 3 aromatic heterocycles. The molecule has 186 valence electrons. The van der Waals surface area contributed by atoms with E-state index in [2.05, 4.69) is 15.0 Å². The van der Waals surface area contributed by atoms with Crippen LogP contribution in [0.5, 0.6) is 0 Å². The van der Waals surface area contributed by atoms with Crippen LogP contribution in [0.3, 0.4) is 0 Å². The van der Waals surface area contributed by atoms with Crippen LogP contribution in [0.2, 0.25) is 5.15 Å². The number of fused-ring (bicyclic) bond motifs is 1. The molecule has 1 fully saturated rings. The predicted molar refractivity (Wildman–Crippen MR) is 129 cm³/mol. The number of piperazine rings is 1. The van der Waals surface area contributed by atoms with Gasteiger partial charge in [0.25, 0.3) is 0 Å². The molecule has 4 heterocycles. The van der Waals surface area contributed by atoms with E-state index in [1.807, 2.05) is 20.8 Å². The standard InChI is InChI=1S/C23H26ClFN6O4/c1-12(2)17-18(14(5-9-32)4-6-26-17)31-21-15(10-16(25)19(24)27-21)20(28-22(31)33)30-8-7-29(23(34)35)11-13(30)3/h4,6,10,12-13,32H,5,7-9,11H2,1-3H3,(H,34,35). The highest BCUT2D eigenvalue weighted by molar-refractivity contribution is 6.30. The van der Waals surface area contributed by atoms with Crippen LogP contribution in [0, 0.1) is 5.82 Å². The second-order valence-corrected chi connectivity index (χ2v) is 9.15. The van der Waals surface area contributed by atoms with Crippen molar-refractivity contribution in [3.05, 3.63) is 51.0 Å². The van der Waals surface area contributed by atoms with Crippen molar-refractivity contribution < 1.29 is 19.4 Å². The molecule has 1 saturated heterocycles. The van der Waals surface area contributed by atoms with Gasteiger partial charge in [-0.1, -0.05) is 25.4 Å². The maximum atomic E-state index is 14.6. The van der Waals surface area contributed by atoms with Gasteiger partial charge in [-0.05, 0) is 37.0 Å². The molecular weight excluding hydrogens is 479 g/mol. The van der Waals surface area contributed by atoms with Crippen LogP contribution < -0.4 is 10.6 Å². The van der Waals surface area contributed by atoms with Gasteiger partial charge in [-0.25, -0.2) is 23.5 Å². The minimum atomic E-state index is -1.03. The predicted octanol–water partition coefficient (Wildman–Crippen LogP) is 2.81. The van der Waals surface area contributed by atoms with Crippen LogP contribution in [0.1, 0.15) is 37.9 Å². The molecule has 1 unspecified atom stereocenters. The van der Waals surface area contributed by atoms with Gasteiger partial charge in [-0.15, -0.1) is 0 Å². The summed E-state index contributed by atoms with van der Waals surface area (Å²) < 4.78 is 15.9. The van der Waals surface area contributed by atoms with Gasteiger partial charge in [0.2, 0.25) is 0 Å². The Morgan fingerprint density at radius 3 is 2.69 bits per heavy atom. The molecule has 0 aliphatic carbocycles. The third-order valence-corrected chi connectivity index (χ3v) is 6.38.